The van der Waals surface area contributed by atoms with Crippen LogP contribution in [0.2, 0.25) is 5.02 Å². The summed E-state index contributed by atoms with van der Waals surface area (Å²) in [6.07, 6.45) is -7.79. The predicted molar refractivity (Wildman–Crippen MR) is 68.0 cm³/mol. The molecule has 0 spiro atoms. The minimum absolute atomic E-state index is 0.674. The molecule has 0 bridgehead atoms. The van der Waals surface area contributed by atoms with Crippen molar-refractivity contribution < 1.29 is 74.6 Å². The van der Waals surface area contributed by atoms with Crippen LogP contribution in [-0.4, -0.2) is 51.9 Å². The van der Waals surface area contributed by atoms with E-state index in [0.29, 0.717) is 6.92 Å². The molecular weight excluding hydrogens is 531 g/mol. The number of nitrogens with one attached hydrogen (secondary N) is 1. The van der Waals surface area contributed by atoms with Gasteiger partial charge in [-0.1, -0.05) is 11.6 Å². The average molecular weight is 535 g/mol. The summed E-state index contributed by atoms with van der Waals surface area (Å²) in [5, 5.41) is 1.99. The number of aromatic amines is 1. The molecule has 2 nitrogen and oxygen atoms in total. The van der Waals surface area contributed by atoms with E-state index in [9.17, 15) is 74.6 Å². The number of aryl methyl sites for hydroxylation is 1. The zero-order chi connectivity index (χ0) is 26.1. The predicted octanol–water partition coefficient (Wildman–Crippen LogP) is 6.84. The molecule has 0 saturated carbocycles. The highest BCUT2D eigenvalue weighted by Crippen LogP contribution is 2.65. The second kappa shape index (κ2) is 7.15. The number of H-pyrrole nitrogens is 1. The smallest absolute Gasteiger partial charge is 0.281 e. The summed E-state index contributed by atoms with van der Waals surface area (Å²) in [6.45, 7) is 0.674. The first-order valence-corrected chi connectivity index (χ1v) is 7.48. The van der Waals surface area contributed by atoms with E-state index in [1.807, 2.05) is 0 Å². The van der Waals surface area contributed by atoms with Crippen LogP contribution < -0.4 is 0 Å². The zero-order valence-electron chi connectivity index (χ0n) is 14.3. The number of alkyl halides is 17. The molecule has 0 fully saturated rings. The minimum Gasteiger partial charge on any atom is -0.281 e. The van der Waals surface area contributed by atoms with Gasteiger partial charge < -0.3 is 0 Å². The molecule has 1 N–H and O–H groups in total. The molecule has 1 rings (SSSR count). The van der Waals surface area contributed by atoms with Gasteiger partial charge in [0, 0.05) is 0 Å². The Morgan fingerprint density at radius 3 is 1.16 bits per heavy atom. The van der Waals surface area contributed by atoms with Crippen molar-refractivity contribution in [2.45, 2.75) is 54.6 Å². The molecule has 0 saturated heterocycles. The Morgan fingerprint density at radius 1 is 0.562 bits per heavy atom. The van der Waals surface area contributed by atoms with Gasteiger partial charge >= 0.3 is 47.6 Å². The summed E-state index contributed by atoms with van der Waals surface area (Å²) in [6, 6.07) is 0. The molecule has 1 aromatic heterocycles. The molecule has 0 atom stereocenters. The minimum atomic E-state index is -8.67. The molecule has 0 aromatic carbocycles. The van der Waals surface area contributed by atoms with E-state index in [0.717, 1.165) is 0 Å². The lowest BCUT2D eigenvalue weighted by atomic mass is 9.88. The zero-order valence-corrected chi connectivity index (χ0v) is 15.0. The maximum absolute atomic E-state index is 13.9. The fourth-order valence-electron chi connectivity index (χ4n) is 1.94. The summed E-state index contributed by atoms with van der Waals surface area (Å²) in [5.41, 5.74) is -3.48. The number of aromatic nitrogens is 2. The van der Waals surface area contributed by atoms with E-state index >= 15 is 0 Å². The lowest BCUT2D eigenvalue weighted by Gasteiger charge is -2.42. The standard InChI is InChI=1S/C12H4ClF17N2/c1-2-3(13)4(32-31-2)5(14,15)6(16,17)7(18,19)8(20,21)9(22,23)10(24,25)11(26,27)12(28,29)30/h1H3,(H,31,32). The summed E-state index contributed by atoms with van der Waals surface area (Å²) in [7, 11) is 0. The number of halogens is 18. The van der Waals surface area contributed by atoms with Crippen molar-refractivity contribution >= 4 is 11.6 Å². The first kappa shape index (κ1) is 28.3. The quantitative estimate of drug-likeness (QED) is 0.382. The van der Waals surface area contributed by atoms with Crippen molar-refractivity contribution in [3.8, 4) is 0 Å². The molecule has 0 aliphatic carbocycles. The Morgan fingerprint density at radius 2 is 0.875 bits per heavy atom. The van der Waals surface area contributed by atoms with Crippen LogP contribution >= 0.6 is 11.6 Å². The summed E-state index contributed by atoms with van der Waals surface area (Å²) < 4.78 is 223. The molecule has 0 unspecified atom stereocenters. The fourth-order valence-corrected chi connectivity index (χ4v) is 2.14. The van der Waals surface area contributed by atoms with E-state index < -0.39 is 64.0 Å². The Hall–Kier alpha value is -1.69. The van der Waals surface area contributed by atoms with Crippen molar-refractivity contribution in [2.24, 2.45) is 0 Å². The van der Waals surface area contributed by atoms with Crippen LogP contribution in [0.5, 0.6) is 0 Å². The van der Waals surface area contributed by atoms with Gasteiger partial charge in [0.25, 0.3) is 0 Å². The lowest BCUT2D eigenvalue weighted by Crippen LogP contribution is -2.74. The number of hydrogen-bond acceptors (Lipinski definition) is 1. The number of hydrogen-bond donors (Lipinski definition) is 1. The Bertz CT molecular complexity index is 852. The number of rotatable bonds is 7. The molecule has 1 heterocycles. The second-order valence-corrected chi connectivity index (χ2v) is 6.41. The normalized spacial score (nSPS) is 16.0. The Balaban J connectivity index is 3.74. The SMILES string of the molecule is Cc1[nH]nc(C(F)(F)C(F)(F)C(F)(F)C(F)(F)C(F)(F)C(F)(F)C(F)(F)C(F)(F)F)c1Cl. The molecule has 0 aliphatic heterocycles. The van der Waals surface area contributed by atoms with Crippen molar-refractivity contribution in [1.82, 2.24) is 10.2 Å². The van der Waals surface area contributed by atoms with E-state index in [-0.39, 0.29) is 0 Å². The van der Waals surface area contributed by atoms with Gasteiger partial charge in [-0.25, -0.2) is 0 Å². The molecule has 188 valence electrons. The van der Waals surface area contributed by atoms with Gasteiger partial charge in [0.05, 0.1) is 10.7 Å². The van der Waals surface area contributed by atoms with Crippen molar-refractivity contribution in [1.29, 1.82) is 0 Å². The number of nitrogens with zero attached hydrogens (tertiary/aromatic N) is 1. The molecule has 0 radical (unpaired) electrons. The summed E-state index contributed by atoms with van der Waals surface area (Å²) in [4.78, 5) is 0. The van der Waals surface area contributed by atoms with Crippen LogP contribution in [-0.2, 0) is 5.92 Å². The van der Waals surface area contributed by atoms with Gasteiger partial charge in [-0.3, -0.25) is 5.10 Å². The summed E-state index contributed by atoms with van der Waals surface area (Å²) >= 11 is 5.00. The van der Waals surface area contributed by atoms with Crippen LogP contribution in [0.1, 0.15) is 11.4 Å². The molecule has 0 amide bonds. The van der Waals surface area contributed by atoms with Crippen LogP contribution in [0.3, 0.4) is 0 Å². The molecule has 20 heteroatoms. The molecule has 1 aromatic rings. The second-order valence-electron chi connectivity index (χ2n) is 6.03. The van der Waals surface area contributed by atoms with Gasteiger partial charge in [-0.2, -0.15) is 79.7 Å². The third-order valence-electron chi connectivity index (χ3n) is 3.89. The monoisotopic (exact) mass is 534 g/mol. The first-order valence-electron chi connectivity index (χ1n) is 7.10. The lowest BCUT2D eigenvalue weighted by molar-refractivity contribution is -0.462. The largest absolute Gasteiger partial charge is 0.460 e. The van der Waals surface area contributed by atoms with Gasteiger partial charge in [-0.15, -0.1) is 0 Å². The third kappa shape index (κ3) is 3.27. The molecular formula is C12H4ClF17N2. The maximum Gasteiger partial charge on any atom is 0.460 e. The van der Waals surface area contributed by atoms with Crippen molar-refractivity contribution in [3.63, 3.8) is 0 Å². The Kier molecular flexibility index (Phi) is 6.33. The topological polar surface area (TPSA) is 28.7 Å². The maximum atomic E-state index is 13.9. The van der Waals surface area contributed by atoms with Crippen molar-refractivity contribution in [2.75, 3.05) is 0 Å². The van der Waals surface area contributed by atoms with Gasteiger partial charge in [0.2, 0.25) is 0 Å². The molecule has 32 heavy (non-hydrogen) atoms. The highest BCUT2D eigenvalue weighted by atomic mass is 35.5. The van der Waals surface area contributed by atoms with Crippen molar-refractivity contribution in [3.05, 3.63) is 16.4 Å². The fraction of sp³-hybridized carbons (Fsp3) is 0.750. The van der Waals surface area contributed by atoms with Gasteiger partial charge in [-0.05, 0) is 6.92 Å². The van der Waals surface area contributed by atoms with Gasteiger partial charge in [0.15, 0.2) is 5.69 Å². The average Bonchev–Trinajstić information content (AvgIpc) is 2.92. The first-order chi connectivity index (χ1) is 13.7. The highest BCUT2D eigenvalue weighted by Gasteiger charge is 2.95. The van der Waals surface area contributed by atoms with E-state index in [1.54, 1.807) is 0 Å². The van der Waals surface area contributed by atoms with Gasteiger partial charge in [0.1, 0.15) is 0 Å². The van der Waals surface area contributed by atoms with Crippen LogP contribution in [0.15, 0.2) is 0 Å². The molecule has 0 aliphatic rings. The van der Waals surface area contributed by atoms with E-state index in [4.69, 9.17) is 11.6 Å². The van der Waals surface area contributed by atoms with E-state index in [1.165, 1.54) is 5.10 Å². The third-order valence-corrected chi connectivity index (χ3v) is 4.35. The Labute approximate surface area is 168 Å². The van der Waals surface area contributed by atoms with Crippen LogP contribution in [0.4, 0.5) is 74.6 Å². The van der Waals surface area contributed by atoms with Crippen LogP contribution in [0, 0.1) is 6.92 Å². The highest BCUT2D eigenvalue weighted by molar-refractivity contribution is 6.31. The summed E-state index contributed by atoms with van der Waals surface area (Å²) in [5.74, 6) is -57.1. The van der Waals surface area contributed by atoms with Crippen LogP contribution in [0.25, 0.3) is 0 Å². The van der Waals surface area contributed by atoms with E-state index in [2.05, 4.69) is 5.10 Å².